The fraction of sp³-hybridized carbons (Fsp3) is 0.571. The molecule has 2 unspecified atom stereocenters. The van der Waals surface area contributed by atoms with Gasteiger partial charge in [-0.2, -0.15) is 11.8 Å². The van der Waals surface area contributed by atoms with Gasteiger partial charge in [-0.15, -0.1) is 0 Å². The summed E-state index contributed by atoms with van der Waals surface area (Å²) in [6.07, 6.45) is 3.31. The van der Waals surface area contributed by atoms with E-state index in [4.69, 9.17) is 5.73 Å². The van der Waals surface area contributed by atoms with Crippen LogP contribution in [-0.4, -0.2) is 36.5 Å². The van der Waals surface area contributed by atoms with Crippen molar-refractivity contribution in [3.8, 4) is 0 Å². The first-order valence-corrected chi connectivity index (χ1v) is 8.49. The van der Waals surface area contributed by atoms with Crippen LogP contribution >= 0.6 is 27.7 Å². The van der Waals surface area contributed by atoms with Crippen molar-refractivity contribution in [2.45, 2.75) is 25.4 Å². The lowest BCUT2D eigenvalue weighted by atomic mass is 10.0. The van der Waals surface area contributed by atoms with Crippen LogP contribution in [-0.2, 0) is 0 Å². The quantitative estimate of drug-likeness (QED) is 0.829. The first kappa shape index (κ1) is 16.0. The van der Waals surface area contributed by atoms with Crippen LogP contribution in [0.25, 0.3) is 0 Å². The zero-order valence-electron chi connectivity index (χ0n) is 11.4. The number of nitrogens with two attached hydrogens (primary N) is 1. The molecule has 0 saturated carbocycles. The van der Waals surface area contributed by atoms with Crippen molar-refractivity contribution in [1.29, 1.82) is 0 Å². The van der Waals surface area contributed by atoms with Gasteiger partial charge >= 0.3 is 0 Å². The molecule has 1 aromatic carbocycles. The summed E-state index contributed by atoms with van der Waals surface area (Å²) in [5.74, 6) is 1.15. The minimum Gasteiger partial charge on any atom is -0.329 e. The third kappa shape index (κ3) is 4.26. The van der Waals surface area contributed by atoms with Gasteiger partial charge in [-0.05, 0) is 37.4 Å². The van der Waals surface area contributed by atoms with Crippen molar-refractivity contribution in [2.75, 3.05) is 25.6 Å². The molecular formula is C14H23BrN2S. The molecule has 0 heterocycles. The Bertz CT molecular complexity index is 359. The summed E-state index contributed by atoms with van der Waals surface area (Å²) >= 11 is 5.43. The summed E-state index contributed by atoms with van der Waals surface area (Å²) in [7, 11) is 2.18. The van der Waals surface area contributed by atoms with Crippen LogP contribution in [0.1, 0.15) is 24.9 Å². The molecule has 102 valence electrons. The third-order valence-electron chi connectivity index (χ3n) is 3.35. The first-order valence-electron chi connectivity index (χ1n) is 6.30. The Morgan fingerprint density at radius 1 is 1.44 bits per heavy atom. The molecular weight excluding hydrogens is 308 g/mol. The summed E-state index contributed by atoms with van der Waals surface area (Å²) < 4.78 is 1.12. The molecule has 2 atom stereocenters. The van der Waals surface area contributed by atoms with Crippen molar-refractivity contribution in [1.82, 2.24) is 4.90 Å². The molecule has 0 bridgehead atoms. The Morgan fingerprint density at radius 2 is 2.17 bits per heavy atom. The van der Waals surface area contributed by atoms with E-state index in [-0.39, 0.29) is 0 Å². The van der Waals surface area contributed by atoms with Gasteiger partial charge in [-0.1, -0.05) is 35.0 Å². The van der Waals surface area contributed by atoms with Crippen LogP contribution in [0.15, 0.2) is 28.7 Å². The lowest BCUT2D eigenvalue weighted by molar-refractivity contribution is 0.188. The van der Waals surface area contributed by atoms with E-state index in [9.17, 15) is 0 Å². The molecule has 0 spiro atoms. The van der Waals surface area contributed by atoms with Crippen molar-refractivity contribution in [3.05, 3.63) is 34.3 Å². The normalized spacial score (nSPS) is 14.8. The molecule has 0 aliphatic rings. The second kappa shape index (κ2) is 8.20. The van der Waals surface area contributed by atoms with Gasteiger partial charge in [0.2, 0.25) is 0 Å². The molecule has 0 aliphatic heterocycles. The summed E-state index contributed by atoms with van der Waals surface area (Å²) in [4.78, 5) is 2.41. The highest BCUT2D eigenvalue weighted by atomic mass is 79.9. The number of halogens is 1. The summed E-state index contributed by atoms with van der Waals surface area (Å²) in [5, 5.41) is 0. The Kier molecular flexibility index (Phi) is 7.30. The van der Waals surface area contributed by atoms with Gasteiger partial charge in [-0.3, -0.25) is 4.90 Å². The Morgan fingerprint density at radius 3 is 2.67 bits per heavy atom. The van der Waals surface area contributed by atoms with Crippen LogP contribution in [0.2, 0.25) is 0 Å². The van der Waals surface area contributed by atoms with Crippen LogP contribution in [0.5, 0.6) is 0 Å². The molecule has 0 radical (unpaired) electrons. The van der Waals surface area contributed by atoms with Gasteiger partial charge in [0.1, 0.15) is 0 Å². The molecule has 2 N–H and O–H groups in total. The number of nitrogens with zero attached hydrogens (tertiary/aromatic N) is 1. The molecule has 0 amide bonds. The fourth-order valence-corrected chi connectivity index (χ4v) is 3.49. The number of hydrogen-bond donors (Lipinski definition) is 1. The molecule has 2 nitrogen and oxygen atoms in total. The lowest BCUT2D eigenvalue weighted by Crippen LogP contribution is -2.39. The second-order valence-electron chi connectivity index (χ2n) is 4.49. The Labute approximate surface area is 123 Å². The van der Waals surface area contributed by atoms with Crippen molar-refractivity contribution in [3.63, 3.8) is 0 Å². The molecule has 1 aromatic rings. The monoisotopic (exact) mass is 330 g/mol. The molecule has 18 heavy (non-hydrogen) atoms. The first-order chi connectivity index (χ1) is 8.63. The topological polar surface area (TPSA) is 29.3 Å². The zero-order chi connectivity index (χ0) is 13.5. The number of benzene rings is 1. The van der Waals surface area contributed by atoms with E-state index in [0.717, 1.165) is 16.6 Å². The van der Waals surface area contributed by atoms with Crippen molar-refractivity contribution >= 4 is 27.7 Å². The number of thioether (sulfide) groups is 1. The molecule has 0 saturated heterocycles. The third-order valence-corrected chi connectivity index (χ3v) is 4.57. The predicted molar refractivity (Wildman–Crippen MR) is 86.2 cm³/mol. The maximum Gasteiger partial charge on any atom is 0.0471 e. The Hall–Kier alpha value is -0.0300. The second-order valence-corrected chi connectivity index (χ2v) is 6.32. The highest BCUT2D eigenvalue weighted by Crippen LogP contribution is 2.25. The van der Waals surface area contributed by atoms with E-state index in [0.29, 0.717) is 18.6 Å². The van der Waals surface area contributed by atoms with Gasteiger partial charge in [0.05, 0.1) is 0 Å². The SMILES string of the molecule is CCC(CSC)N(C)C(CN)c1cccc(Br)c1. The van der Waals surface area contributed by atoms with E-state index in [1.54, 1.807) is 0 Å². The molecule has 0 fully saturated rings. The molecule has 1 rings (SSSR count). The molecule has 0 aliphatic carbocycles. The largest absolute Gasteiger partial charge is 0.329 e. The maximum absolute atomic E-state index is 5.98. The minimum absolute atomic E-state index is 0.291. The standard InChI is InChI=1S/C14H23BrN2S/c1-4-13(10-18-3)17(2)14(9-16)11-6-5-7-12(15)8-11/h5-8,13-14H,4,9-10,16H2,1-3H3. The van der Waals surface area contributed by atoms with E-state index >= 15 is 0 Å². The van der Waals surface area contributed by atoms with E-state index in [1.807, 2.05) is 11.8 Å². The highest BCUT2D eigenvalue weighted by Gasteiger charge is 2.21. The molecule has 4 heteroatoms. The number of rotatable bonds is 7. The lowest BCUT2D eigenvalue weighted by Gasteiger charge is -2.34. The van der Waals surface area contributed by atoms with Crippen LogP contribution in [0, 0.1) is 0 Å². The van der Waals surface area contributed by atoms with Gasteiger partial charge < -0.3 is 5.73 Å². The number of hydrogen-bond acceptors (Lipinski definition) is 3. The predicted octanol–water partition coefficient (Wildman–Crippen LogP) is 3.52. The maximum atomic E-state index is 5.98. The van der Waals surface area contributed by atoms with E-state index < -0.39 is 0 Å². The van der Waals surface area contributed by atoms with Gasteiger partial charge in [0, 0.05) is 28.9 Å². The van der Waals surface area contributed by atoms with Crippen molar-refractivity contribution in [2.24, 2.45) is 5.73 Å². The molecule has 0 aromatic heterocycles. The summed E-state index contributed by atoms with van der Waals surface area (Å²) in [6.45, 7) is 2.89. The smallest absolute Gasteiger partial charge is 0.0471 e. The average molecular weight is 331 g/mol. The fourth-order valence-electron chi connectivity index (χ4n) is 2.22. The Balaban J connectivity index is 2.88. The zero-order valence-corrected chi connectivity index (χ0v) is 13.8. The summed E-state index contributed by atoms with van der Waals surface area (Å²) in [6, 6.07) is 9.32. The van der Waals surface area contributed by atoms with Gasteiger partial charge in [0.15, 0.2) is 0 Å². The van der Waals surface area contributed by atoms with E-state index in [2.05, 4.69) is 65.3 Å². The van der Waals surface area contributed by atoms with Gasteiger partial charge in [-0.25, -0.2) is 0 Å². The van der Waals surface area contributed by atoms with Crippen LogP contribution in [0.3, 0.4) is 0 Å². The average Bonchev–Trinajstić information content (AvgIpc) is 2.36. The van der Waals surface area contributed by atoms with Crippen LogP contribution < -0.4 is 5.73 Å². The summed E-state index contributed by atoms with van der Waals surface area (Å²) in [5.41, 5.74) is 7.27. The number of likely N-dealkylation sites (N-methyl/N-ethyl adjacent to an activating group) is 1. The van der Waals surface area contributed by atoms with E-state index in [1.165, 1.54) is 5.56 Å². The van der Waals surface area contributed by atoms with Crippen LogP contribution in [0.4, 0.5) is 0 Å². The minimum atomic E-state index is 0.291. The van der Waals surface area contributed by atoms with Crippen molar-refractivity contribution < 1.29 is 0 Å². The highest BCUT2D eigenvalue weighted by molar-refractivity contribution is 9.10. The van der Waals surface area contributed by atoms with Gasteiger partial charge in [0.25, 0.3) is 0 Å².